The molecular weight excluding hydrogens is 340 g/mol. The molecule has 0 bridgehead atoms. The van der Waals surface area contributed by atoms with E-state index in [1.807, 2.05) is 6.07 Å². The molecule has 0 aliphatic heterocycles. The van der Waals surface area contributed by atoms with Crippen LogP contribution in [0.4, 0.5) is 0 Å². The molecule has 1 nitrogen and oxygen atoms in total. The molecule has 1 rings (SSSR count). The topological polar surface area (TPSA) is 17.1 Å². The quantitative estimate of drug-likeness (QED) is 0.560. The minimum absolute atomic E-state index is 0.639. The number of hydrogen-bond donors (Lipinski definition) is 0. The number of carbonyl (C=O) groups excluding carboxylic acids is 1. The number of aldehydes is 1. The molecule has 0 unspecified atom stereocenters. The molecule has 0 amide bonds. The first-order chi connectivity index (χ1) is 5.15. The SMILES string of the molecule is O=Cc1cc(Br)c(Br)cc1Br. The summed E-state index contributed by atoms with van der Waals surface area (Å²) >= 11 is 9.87. The largest absolute Gasteiger partial charge is 0.298 e. The molecule has 0 radical (unpaired) electrons. The average molecular weight is 343 g/mol. The second kappa shape index (κ2) is 3.83. The van der Waals surface area contributed by atoms with Gasteiger partial charge in [-0.05, 0) is 44.0 Å². The maximum absolute atomic E-state index is 10.4. The van der Waals surface area contributed by atoms with Crippen molar-refractivity contribution in [1.82, 2.24) is 0 Å². The van der Waals surface area contributed by atoms with Gasteiger partial charge in [0.05, 0.1) is 0 Å². The second-order valence-electron chi connectivity index (χ2n) is 1.91. The fraction of sp³-hybridized carbons (Fsp3) is 0. The predicted molar refractivity (Wildman–Crippen MR) is 54.9 cm³/mol. The van der Waals surface area contributed by atoms with E-state index in [0.717, 1.165) is 19.7 Å². The van der Waals surface area contributed by atoms with Gasteiger partial charge < -0.3 is 0 Å². The Kier molecular flexibility index (Phi) is 3.28. The third kappa shape index (κ3) is 2.13. The Morgan fingerprint density at radius 1 is 1.00 bits per heavy atom. The smallest absolute Gasteiger partial charge is 0.151 e. The molecule has 0 aromatic heterocycles. The first kappa shape index (κ1) is 9.42. The van der Waals surface area contributed by atoms with E-state index >= 15 is 0 Å². The molecule has 0 N–H and O–H groups in total. The zero-order valence-corrected chi connectivity index (χ0v) is 10.0. The van der Waals surface area contributed by atoms with Gasteiger partial charge in [0.25, 0.3) is 0 Å². The first-order valence-electron chi connectivity index (χ1n) is 2.75. The van der Waals surface area contributed by atoms with Crippen molar-refractivity contribution in [2.45, 2.75) is 0 Å². The minimum Gasteiger partial charge on any atom is -0.298 e. The number of carbonyl (C=O) groups is 1. The average Bonchev–Trinajstić information content (AvgIpc) is 1.97. The van der Waals surface area contributed by atoms with Gasteiger partial charge >= 0.3 is 0 Å². The summed E-state index contributed by atoms with van der Waals surface area (Å²) in [6, 6.07) is 3.58. The molecule has 0 aliphatic carbocycles. The summed E-state index contributed by atoms with van der Waals surface area (Å²) in [6.07, 6.45) is 0.807. The Bertz CT molecular complexity index is 296. The van der Waals surface area contributed by atoms with Crippen molar-refractivity contribution in [1.29, 1.82) is 0 Å². The van der Waals surface area contributed by atoms with Crippen LogP contribution in [0.15, 0.2) is 25.6 Å². The van der Waals surface area contributed by atoms with Crippen LogP contribution in [0.25, 0.3) is 0 Å². The lowest BCUT2D eigenvalue weighted by Crippen LogP contribution is -1.82. The van der Waals surface area contributed by atoms with Gasteiger partial charge in [0.15, 0.2) is 6.29 Å². The highest BCUT2D eigenvalue weighted by Crippen LogP contribution is 2.28. The van der Waals surface area contributed by atoms with E-state index in [9.17, 15) is 4.79 Å². The molecule has 0 spiro atoms. The number of hydrogen-bond acceptors (Lipinski definition) is 1. The van der Waals surface area contributed by atoms with Crippen molar-refractivity contribution in [3.8, 4) is 0 Å². The van der Waals surface area contributed by atoms with Crippen molar-refractivity contribution in [2.24, 2.45) is 0 Å². The van der Waals surface area contributed by atoms with E-state index in [-0.39, 0.29) is 0 Å². The van der Waals surface area contributed by atoms with Gasteiger partial charge in [-0.1, -0.05) is 15.9 Å². The van der Waals surface area contributed by atoms with E-state index in [1.165, 1.54) is 0 Å². The molecule has 1 aromatic rings. The van der Waals surface area contributed by atoms with Crippen molar-refractivity contribution >= 4 is 54.1 Å². The Morgan fingerprint density at radius 2 is 1.55 bits per heavy atom. The summed E-state index contributed by atoms with van der Waals surface area (Å²) in [5, 5.41) is 0. The number of halogens is 3. The Balaban J connectivity index is 3.31. The Labute approximate surface area is 89.6 Å². The summed E-state index contributed by atoms with van der Waals surface area (Å²) in [5.41, 5.74) is 0.639. The maximum atomic E-state index is 10.4. The van der Waals surface area contributed by atoms with Crippen molar-refractivity contribution in [3.05, 3.63) is 31.1 Å². The monoisotopic (exact) mass is 340 g/mol. The minimum atomic E-state index is 0.639. The summed E-state index contributed by atoms with van der Waals surface area (Å²) in [6.45, 7) is 0. The fourth-order valence-corrected chi connectivity index (χ4v) is 2.08. The van der Waals surface area contributed by atoms with E-state index in [1.54, 1.807) is 6.07 Å². The highest BCUT2D eigenvalue weighted by atomic mass is 79.9. The third-order valence-electron chi connectivity index (χ3n) is 1.17. The van der Waals surface area contributed by atoms with Gasteiger partial charge in [-0.3, -0.25) is 4.79 Å². The highest BCUT2D eigenvalue weighted by molar-refractivity contribution is 9.13. The molecule has 4 heteroatoms. The summed E-state index contributed by atoms with van der Waals surface area (Å²) in [4.78, 5) is 10.4. The van der Waals surface area contributed by atoms with E-state index in [4.69, 9.17) is 0 Å². The van der Waals surface area contributed by atoms with Crippen LogP contribution in [0.1, 0.15) is 10.4 Å². The molecule has 0 saturated carbocycles. The van der Waals surface area contributed by atoms with E-state index < -0.39 is 0 Å². The Hall–Kier alpha value is 0.330. The lowest BCUT2D eigenvalue weighted by molar-refractivity contribution is 0.112. The van der Waals surface area contributed by atoms with Gasteiger partial charge in [-0.25, -0.2) is 0 Å². The van der Waals surface area contributed by atoms with Crippen molar-refractivity contribution in [2.75, 3.05) is 0 Å². The molecule has 58 valence electrons. The summed E-state index contributed by atoms with van der Waals surface area (Å²) in [5.74, 6) is 0. The maximum Gasteiger partial charge on any atom is 0.151 e. The summed E-state index contributed by atoms with van der Waals surface area (Å²) in [7, 11) is 0. The molecule has 1 aromatic carbocycles. The number of rotatable bonds is 1. The van der Waals surface area contributed by atoms with Crippen molar-refractivity contribution in [3.63, 3.8) is 0 Å². The first-order valence-corrected chi connectivity index (χ1v) is 5.13. The van der Waals surface area contributed by atoms with Gasteiger partial charge in [-0.15, -0.1) is 0 Å². The van der Waals surface area contributed by atoms with Crippen LogP contribution in [-0.2, 0) is 0 Å². The standard InChI is InChI=1S/C7H3Br3O/c8-5-2-7(10)6(9)1-4(5)3-11/h1-3H. The van der Waals surface area contributed by atoms with Gasteiger partial charge in [0, 0.05) is 19.0 Å². The zero-order chi connectivity index (χ0) is 8.43. The molecule has 0 fully saturated rings. The predicted octanol–water partition coefficient (Wildman–Crippen LogP) is 3.79. The lowest BCUT2D eigenvalue weighted by atomic mass is 10.2. The van der Waals surface area contributed by atoms with Crippen LogP contribution in [0, 0.1) is 0 Å². The molecule has 0 aliphatic rings. The fourth-order valence-electron chi connectivity index (χ4n) is 0.628. The van der Waals surface area contributed by atoms with Crippen LogP contribution in [0.5, 0.6) is 0 Å². The van der Waals surface area contributed by atoms with Gasteiger partial charge in [0.2, 0.25) is 0 Å². The molecule has 11 heavy (non-hydrogen) atoms. The zero-order valence-electron chi connectivity index (χ0n) is 5.27. The second-order valence-corrected chi connectivity index (χ2v) is 4.47. The summed E-state index contributed by atoms with van der Waals surface area (Å²) < 4.78 is 2.60. The normalized spacial score (nSPS) is 9.73. The third-order valence-corrected chi connectivity index (χ3v) is 3.70. The number of benzene rings is 1. The molecule has 0 atom stereocenters. The van der Waals surface area contributed by atoms with Gasteiger partial charge in [-0.2, -0.15) is 0 Å². The van der Waals surface area contributed by atoms with Gasteiger partial charge in [0.1, 0.15) is 0 Å². The van der Waals surface area contributed by atoms with Crippen LogP contribution in [-0.4, -0.2) is 6.29 Å². The van der Waals surface area contributed by atoms with Crippen LogP contribution in [0.3, 0.4) is 0 Å². The molecular formula is C7H3Br3O. The van der Waals surface area contributed by atoms with Crippen LogP contribution >= 0.6 is 47.8 Å². The van der Waals surface area contributed by atoms with E-state index in [2.05, 4.69) is 47.8 Å². The van der Waals surface area contributed by atoms with Crippen LogP contribution < -0.4 is 0 Å². The van der Waals surface area contributed by atoms with Crippen LogP contribution in [0.2, 0.25) is 0 Å². The lowest BCUT2D eigenvalue weighted by Gasteiger charge is -1.99. The Morgan fingerprint density at radius 3 is 2.09 bits per heavy atom. The molecule has 0 heterocycles. The molecule has 0 saturated heterocycles. The van der Waals surface area contributed by atoms with E-state index in [0.29, 0.717) is 5.56 Å². The highest BCUT2D eigenvalue weighted by Gasteiger charge is 2.02. The van der Waals surface area contributed by atoms with Crippen molar-refractivity contribution < 1.29 is 4.79 Å².